The molecule has 0 aliphatic carbocycles. The van der Waals surface area contributed by atoms with E-state index >= 15 is 0 Å². The molecule has 0 unspecified atom stereocenters. The molecule has 0 spiro atoms. The number of carbonyl (C=O) groups excluding carboxylic acids is 3. The molecule has 1 saturated heterocycles. The maximum absolute atomic E-state index is 12.3. The van der Waals surface area contributed by atoms with Crippen LogP contribution in [0.4, 0.5) is 4.79 Å². The van der Waals surface area contributed by atoms with Gasteiger partial charge in [0.25, 0.3) is 5.91 Å². The second kappa shape index (κ2) is 6.95. The molecule has 0 radical (unpaired) electrons. The van der Waals surface area contributed by atoms with Crippen molar-refractivity contribution >= 4 is 17.8 Å². The summed E-state index contributed by atoms with van der Waals surface area (Å²) >= 11 is 0. The fourth-order valence-electron chi connectivity index (χ4n) is 2.52. The number of hydrogen-bond acceptors (Lipinski definition) is 4. The van der Waals surface area contributed by atoms with Crippen molar-refractivity contribution in [3.8, 4) is 0 Å². The van der Waals surface area contributed by atoms with Crippen molar-refractivity contribution in [3.63, 3.8) is 0 Å². The third-order valence-electron chi connectivity index (χ3n) is 3.73. The topological polar surface area (TPSA) is 96.3 Å². The Bertz CT molecular complexity index is 713. The summed E-state index contributed by atoms with van der Waals surface area (Å²) in [5, 5.41) is 5.27. The van der Waals surface area contributed by atoms with Crippen molar-refractivity contribution in [1.82, 2.24) is 25.1 Å². The van der Waals surface area contributed by atoms with Gasteiger partial charge in [0.1, 0.15) is 6.54 Å². The number of nitrogens with one attached hydrogen (secondary N) is 2. The van der Waals surface area contributed by atoms with Gasteiger partial charge in [-0.05, 0) is 5.56 Å². The molecule has 4 amide bonds. The van der Waals surface area contributed by atoms with Crippen LogP contribution in [0.2, 0.25) is 0 Å². The van der Waals surface area contributed by atoms with E-state index in [1.165, 1.54) is 0 Å². The van der Waals surface area contributed by atoms with Gasteiger partial charge in [0.05, 0.1) is 18.9 Å². The summed E-state index contributed by atoms with van der Waals surface area (Å²) in [5.74, 6) is -0.796. The van der Waals surface area contributed by atoms with Gasteiger partial charge in [0.15, 0.2) is 0 Å². The number of aromatic nitrogens is 2. The quantitative estimate of drug-likeness (QED) is 0.746. The zero-order valence-corrected chi connectivity index (χ0v) is 12.9. The molecule has 3 rings (SSSR count). The smallest absolute Gasteiger partial charge is 0.325 e. The molecule has 2 aromatic rings. The third kappa shape index (κ3) is 3.60. The molecule has 1 aromatic heterocycles. The van der Waals surface area contributed by atoms with Crippen LogP contribution in [0.3, 0.4) is 0 Å². The monoisotopic (exact) mass is 327 g/mol. The normalized spacial score (nSPS) is 15.2. The van der Waals surface area contributed by atoms with E-state index in [0.717, 1.165) is 10.5 Å². The lowest BCUT2D eigenvalue weighted by molar-refractivity contribution is -0.131. The number of benzene rings is 1. The molecule has 2 N–H and O–H groups in total. The number of carbonyl (C=O) groups is 3. The van der Waals surface area contributed by atoms with Gasteiger partial charge < -0.3 is 15.2 Å². The minimum Gasteiger partial charge on any atom is -0.346 e. The summed E-state index contributed by atoms with van der Waals surface area (Å²) in [6, 6.07) is 8.66. The molecule has 1 aromatic carbocycles. The minimum absolute atomic E-state index is 0.0662. The van der Waals surface area contributed by atoms with E-state index in [0.29, 0.717) is 6.54 Å². The summed E-state index contributed by atoms with van der Waals surface area (Å²) in [4.78, 5) is 40.3. The van der Waals surface area contributed by atoms with Crippen LogP contribution in [0.25, 0.3) is 0 Å². The van der Waals surface area contributed by atoms with Crippen LogP contribution in [-0.4, -0.2) is 45.4 Å². The predicted octanol–water partition coefficient (Wildman–Crippen LogP) is 0.292. The largest absolute Gasteiger partial charge is 0.346 e. The number of urea groups is 1. The van der Waals surface area contributed by atoms with Gasteiger partial charge in [-0.1, -0.05) is 30.3 Å². The van der Waals surface area contributed by atoms with Crippen LogP contribution in [0.1, 0.15) is 11.6 Å². The standard InChI is InChI=1S/C16H17N5O3/c22-14(10-21-15(23)8-18-16(21)24)19-13(9-20-7-6-17-11-20)12-4-2-1-3-5-12/h1-7,11,13H,8-10H2,(H,18,24)(H,19,22)/t13-/m1/s1. The zero-order valence-electron chi connectivity index (χ0n) is 12.9. The van der Waals surface area contributed by atoms with Crippen molar-refractivity contribution in [2.75, 3.05) is 13.1 Å². The Morgan fingerprint density at radius 2 is 2.08 bits per heavy atom. The highest BCUT2D eigenvalue weighted by Crippen LogP contribution is 2.15. The lowest BCUT2D eigenvalue weighted by Gasteiger charge is -2.21. The number of amides is 4. The van der Waals surface area contributed by atoms with E-state index in [4.69, 9.17) is 0 Å². The molecule has 1 atom stereocenters. The van der Waals surface area contributed by atoms with E-state index in [9.17, 15) is 14.4 Å². The molecular formula is C16H17N5O3. The molecular weight excluding hydrogens is 310 g/mol. The van der Waals surface area contributed by atoms with Gasteiger partial charge in [0.2, 0.25) is 5.91 Å². The minimum atomic E-state index is -0.541. The van der Waals surface area contributed by atoms with Crippen molar-refractivity contribution in [3.05, 3.63) is 54.6 Å². The molecule has 8 nitrogen and oxygen atoms in total. The number of nitrogens with zero attached hydrogens (tertiary/aromatic N) is 3. The molecule has 1 fully saturated rings. The number of imidazole rings is 1. The van der Waals surface area contributed by atoms with Crippen LogP contribution in [-0.2, 0) is 16.1 Å². The zero-order chi connectivity index (χ0) is 16.9. The Morgan fingerprint density at radius 1 is 1.29 bits per heavy atom. The second-order valence-electron chi connectivity index (χ2n) is 5.43. The van der Waals surface area contributed by atoms with Crippen LogP contribution < -0.4 is 10.6 Å². The fourth-order valence-corrected chi connectivity index (χ4v) is 2.52. The van der Waals surface area contributed by atoms with Crippen molar-refractivity contribution < 1.29 is 14.4 Å². The Hall–Kier alpha value is -3.16. The summed E-state index contributed by atoms with van der Waals surface area (Å²) in [6.07, 6.45) is 5.14. The number of rotatable bonds is 6. The first-order valence-corrected chi connectivity index (χ1v) is 7.52. The van der Waals surface area contributed by atoms with Crippen LogP contribution in [0.5, 0.6) is 0 Å². The highest BCUT2D eigenvalue weighted by molar-refractivity contribution is 6.04. The molecule has 1 aliphatic rings. The van der Waals surface area contributed by atoms with Gasteiger partial charge >= 0.3 is 6.03 Å². The van der Waals surface area contributed by atoms with Gasteiger partial charge in [-0.2, -0.15) is 0 Å². The summed E-state index contributed by atoms with van der Waals surface area (Å²) < 4.78 is 1.85. The third-order valence-corrected chi connectivity index (χ3v) is 3.73. The lowest BCUT2D eigenvalue weighted by atomic mass is 10.1. The van der Waals surface area contributed by atoms with E-state index in [-0.39, 0.29) is 19.1 Å². The number of imide groups is 1. The molecule has 124 valence electrons. The molecule has 0 bridgehead atoms. The Kier molecular flexibility index (Phi) is 4.55. The molecule has 2 heterocycles. The highest BCUT2D eigenvalue weighted by Gasteiger charge is 2.30. The first-order valence-electron chi connectivity index (χ1n) is 7.52. The molecule has 24 heavy (non-hydrogen) atoms. The van der Waals surface area contributed by atoms with Crippen LogP contribution >= 0.6 is 0 Å². The first kappa shape index (κ1) is 15.7. The molecule has 8 heteroatoms. The van der Waals surface area contributed by atoms with Gasteiger partial charge in [-0.3, -0.25) is 14.5 Å². The van der Waals surface area contributed by atoms with Crippen molar-refractivity contribution in [2.45, 2.75) is 12.6 Å². The average molecular weight is 327 g/mol. The average Bonchev–Trinajstić information content (AvgIpc) is 3.20. The van der Waals surface area contributed by atoms with E-state index in [2.05, 4.69) is 15.6 Å². The predicted molar refractivity (Wildman–Crippen MR) is 84.7 cm³/mol. The molecule has 0 saturated carbocycles. The fraction of sp³-hybridized carbons (Fsp3) is 0.250. The van der Waals surface area contributed by atoms with E-state index in [1.54, 1.807) is 18.7 Å². The maximum atomic E-state index is 12.3. The van der Waals surface area contributed by atoms with E-state index in [1.807, 2.05) is 34.9 Å². The van der Waals surface area contributed by atoms with Crippen molar-refractivity contribution in [1.29, 1.82) is 0 Å². The summed E-state index contributed by atoms with van der Waals surface area (Å²) in [6.45, 7) is 0.136. The second-order valence-corrected chi connectivity index (χ2v) is 5.43. The van der Waals surface area contributed by atoms with Crippen molar-refractivity contribution in [2.24, 2.45) is 0 Å². The van der Waals surface area contributed by atoms with Gasteiger partial charge in [-0.15, -0.1) is 0 Å². The molecule has 1 aliphatic heterocycles. The van der Waals surface area contributed by atoms with Crippen LogP contribution in [0, 0.1) is 0 Å². The number of hydrogen-bond donors (Lipinski definition) is 2. The Balaban J connectivity index is 1.70. The first-order chi connectivity index (χ1) is 11.6. The Labute approximate surface area is 138 Å². The SMILES string of the molecule is O=C(CN1C(=O)CNC1=O)N[C@H](Cn1ccnc1)c1ccccc1. The maximum Gasteiger partial charge on any atom is 0.325 e. The van der Waals surface area contributed by atoms with Crippen LogP contribution in [0.15, 0.2) is 49.1 Å². The van der Waals surface area contributed by atoms with E-state index < -0.39 is 17.8 Å². The summed E-state index contributed by atoms with van der Waals surface area (Å²) in [5.41, 5.74) is 0.928. The van der Waals surface area contributed by atoms with Gasteiger partial charge in [0, 0.05) is 18.9 Å². The lowest BCUT2D eigenvalue weighted by Crippen LogP contribution is -2.42. The van der Waals surface area contributed by atoms with Gasteiger partial charge in [-0.25, -0.2) is 9.78 Å². The highest BCUT2D eigenvalue weighted by atomic mass is 16.2. The summed E-state index contributed by atoms with van der Waals surface area (Å²) in [7, 11) is 0. The Morgan fingerprint density at radius 3 is 2.71 bits per heavy atom.